The minimum atomic E-state index is -3.88. The smallest absolute Gasteiger partial charge is 0.338 e. The van der Waals surface area contributed by atoms with Gasteiger partial charge in [-0.2, -0.15) is 0 Å². The molecule has 0 bridgehead atoms. The third-order valence-electron chi connectivity index (χ3n) is 5.28. The van der Waals surface area contributed by atoms with Crippen LogP contribution >= 0.6 is 0 Å². The van der Waals surface area contributed by atoms with E-state index in [2.05, 4.69) is 4.72 Å². The Morgan fingerprint density at radius 3 is 2.47 bits per heavy atom. The summed E-state index contributed by atoms with van der Waals surface area (Å²) in [6, 6.07) is 9.25. The lowest BCUT2D eigenvalue weighted by Gasteiger charge is -2.10. The number of Topliss-reactive ketones (excluding diaryl/α,β-unsaturated/α-hetero) is 1. The van der Waals surface area contributed by atoms with Crippen molar-refractivity contribution in [3.8, 4) is 0 Å². The molecule has 0 atom stereocenters. The summed E-state index contributed by atoms with van der Waals surface area (Å²) in [4.78, 5) is 25.1. The van der Waals surface area contributed by atoms with Crippen molar-refractivity contribution in [3.05, 3.63) is 76.5 Å². The van der Waals surface area contributed by atoms with Crippen molar-refractivity contribution in [2.75, 3.05) is 6.61 Å². The number of aryl methyl sites for hydroxylation is 2. The predicted octanol–water partition coefficient (Wildman–Crippen LogP) is 3.54. The first-order valence-corrected chi connectivity index (χ1v) is 11.6. The van der Waals surface area contributed by atoms with Gasteiger partial charge >= 0.3 is 5.97 Å². The number of hydrogen-bond acceptors (Lipinski definition) is 6. The Morgan fingerprint density at radius 1 is 1.09 bits per heavy atom. The first kappa shape index (κ1) is 23.5. The van der Waals surface area contributed by atoms with Gasteiger partial charge in [0.2, 0.25) is 15.8 Å². The van der Waals surface area contributed by atoms with Crippen LogP contribution in [-0.4, -0.2) is 31.3 Å². The van der Waals surface area contributed by atoms with Crippen molar-refractivity contribution in [3.63, 3.8) is 0 Å². The van der Waals surface area contributed by atoms with Crippen LogP contribution in [-0.2, 0) is 27.8 Å². The van der Waals surface area contributed by atoms with E-state index in [4.69, 9.17) is 9.15 Å². The summed E-state index contributed by atoms with van der Waals surface area (Å²) in [6.07, 6.45) is 1.45. The van der Waals surface area contributed by atoms with E-state index in [-0.39, 0.29) is 22.8 Å². The van der Waals surface area contributed by atoms with Crippen molar-refractivity contribution in [1.82, 2.24) is 9.29 Å². The molecule has 3 aromatic rings. The Labute approximate surface area is 187 Å². The minimum absolute atomic E-state index is 0.0202. The van der Waals surface area contributed by atoms with Crippen LogP contribution in [0.15, 0.2) is 52.0 Å². The van der Waals surface area contributed by atoms with Crippen LogP contribution in [0.5, 0.6) is 0 Å². The van der Waals surface area contributed by atoms with Crippen LogP contribution in [0.25, 0.3) is 0 Å². The Hall–Kier alpha value is -3.17. The van der Waals surface area contributed by atoms with Gasteiger partial charge in [-0.25, -0.2) is 17.9 Å². The van der Waals surface area contributed by atoms with Crippen LogP contribution in [0.3, 0.4) is 0 Å². The molecule has 0 unspecified atom stereocenters. The first-order valence-electron chi connectivity index (χ1n) is 10.1. The highest BCUT2D eigenvalue weighted by Crippen LogP contribution is 2.19. The number of furan rings is 1. The number of carbonyl (C=O) groups is 2. The Kier molecular flexibility index (Phi) is 7.00. The standard InChI is InChI=1S/C23H26N2O6S/c1-5-25-16(3)11-21(17(25)4)22(26)14-31-23(27)20-12-19(9-8-15(20)2)32(28,29)24-13-18-7-6-10-30-18/h6-12,24H,5,13-14H2,1-4H3. The number of benzene rings is 1. The molecule has 0 aliphatic rings. The summed E-state index contributed by atoms with van der Waals surface area (Å²) < 4.78 is 40.0. The fourth-order valence-electron chi connectivity index (χ4n) is 3.51. The van der Waals surface area contributed by atoms with E-state index < -0.39 is 22.6 Å². The zero-order valence-corrected chi connectivity index (χ0v) is 19.3. The average Bonchev–Trinajstić information content (AvgIpc) is 3.38. The van der Waals surface area contributed by atoms with Crippen molar-refractivity contribution in [1.29, 1.82) is 0 Å². The van der Waals surface area contributed by atoms with E-state index in [0.717, 1.165) is 17.9 Å². The average molecular weight is 459 g/mol. The minimum Gasteiger partial charge on any atom is -0.468 e. The van der Waals surface area contributed by atoms with Gasteiger partial charge in [-0.15, -0.1) is 0 Å². The molecule has 2 aromatic heterocycles. The van der Waals surface area contributed by atoms with Crippen LogP contribution in [0.1, 0.15) is 50.4 Å². The second kappa shape index (κ2) is 9.54. The fourth-order valence-corrected chi connectivity index (χ4v) is 4.53. The highest BCUT2D eigenvalue weighted by atomic mass is 32.2. The normalized spacial score (nSPS) is 11.5. The number of aromatic nitrogens is 1. The highest BCUT2D eigenvalue weighted by molar-refractivity contribution is 7.89. The van der Waals surface area contributed by atoms with E-state index in [1.54, 1.807) is 25.1 Å². The second-order valence-electron chi connectivity index (χ2n) is 7.41. The lowest BCUT2D eigenvalue weighted by atomic mass is 10.1. The van der Waals surface area contributed by atoms with E-state index >= 15 is 0 Å². The molecule has 0 radical (unpaired) electrons. The summed E-state index contributed by atoms with van der Waals surface area (Å²) >= 11 is 0. The van der Waals surface area contributed by atoms with E-state index in [0.29, 0.717) is 16.9 Å². The zero-order chi connectivity index (χ0) is 23.5. The maximum Gasteiger partial charge on any atom is 0.338 e. The van der Waals surface area contributed by atoms with Gasteiger partial charge in [-0.3, -0.25) is 4.79 Å². The van der Waals surface area contributed by atoms with Crippen molar-refractivity contribution < 1.29 is 27.2 Å². The molecule has 2 heterocycles. The van der Waals surface area contributed by atoms with Crippen molar-refractivity contribution in [2.45, 2.75) is 45.7 Å². The summed E-state index contributed by atoms with van der Waals surface area (Å²) in [7, 11) is -3.88. The molecule has 9 heteroatoms. The predicted molar refractivity (Wildman–Crippen MR) is 118 cm³/mol. The summed E-state index contributed by atoms with van der Waals surface area (Å²) in [5.41, 5.74) is 2.90. The molecule has 0 fully saturated rings. The second-order valence-corrected chi connectivity index (χ2v) is 9.18. The highest BCUT2D eigenvalue weighted by Gasteiger charge is 2.21. The molecule has 1 N–H and O–H groups in total. The van der Waals surface area contributed by atoms with E-state index in [9.17, 15) is 18.0 Å². The van der Waals surface area contributed by atoms with Gasteiger partial charge in [0.1, 0.15) is 5.76 Å². The molecule has 0 saturated heterocycles. The summed E-state index contributed by atoms with van der Waals surface area (Å²) in [5, 5.41) is 0. The van der Waals surface area contributed by atoms with Gasteiger partial charge in [0.25, 0.3) is 0 Å². The molecule has 3 rings (SSSR count). The number of rotatable bonds is 9. The fraction of sp³-hybridized carbons (Fsp3) is 0.304. The summed E-state index contributed by atoms with van der Waals surface area (Å²) in [6.45, 7) is 7.70. The molecule has 32 heavy (non-hydrogen) atoms. The zero-order valence-electron chi connectivity index (χ0n) is 18.5. The molecule has 0 amide bonds. The van der Waals surface area contributed by atoms with Gasteiger partial charge in [-0.1, -0.05) is 6.07 Å². The molecule has 0 spiro atoms. The summed E-state index contributed by atoms with van der Waals surface area (Å²) in [5.74, 6) is -0.614. The van der Waals surface area contributed by atoms with Gasteiger partial charge in [0, 0.05) is 23.5 Å². The monoisotopic (exact) mass is 458 g/mol. The Bertz CT molecular complexity index is 1240. The molecular formula is C23H26N2O6S. The third-order valence-corrected chi connectivity index (χ3v) is 6.68. The number of hydrogen-bond donors (Lipinski definition) is 1. The number of nitrogens with one attached hydrogen (secondary N) is 1. The Morgan fingerprint density at radius 2 is 1.84 bits per heavy atom. The van der Waals surface area contributed by atoms with Gasteiger partial charge in [0.05, 0.1) is 23.3 Å². The number of carbonyl (C=O) groups excluding carboxylic acids is 2. The van der Waals surface area contributed by atoms with Crippen LogP contribution in [0.4, 0.5) is 0 Å². The van der Waals surface area contributed by atoms with E-state index in [1.165, 1.54) is 24.5 Å². The molecular weight excluding hydrogens is 432 g/mol. The SMILES string of the molecule is CCn1c(C)cc(C(=O)COC(=O)c2cc(S(=O)(=O)NCc3ccco3)ccc2C)c1C. The van der Waals surface area contributed by atoms with E-state index in [1.807, 2.05) is 25.3 Å². The maximum absolute atomic E-state index is 12.6. The lowest BCUT2D eigenvalue weighted by Crippen LogP contribution is -2.23. The van der Waals surface area contributed by atoms with Crippen molar-refractivity contribution in [2.24, 2.45) is 0 Å². The molecule has 0 aliphatic carbocycles. The van der Waals surface area contributed by atoms with Gasteiger partial charge < -0.3 is 13.7 Å². The molecule has 0 aliphatic heterocycles. The van der Waals surface area contributed by atoms with Crippen LogP contribution in [0, 0.1) is 20.8 Å². The van der Waals surface area contributed by atoms with Crippen LogP contribution < -0.4 is 4.72 Å². The third kappa shape index (κ3) is 5.00. The lowest BCUT2D eigenvalue weighted by molar-refractivity contribution is 0.0473. The molecule has 1 aromatic carbocycles. The van der Waals surface area contributed by atoms with Gasteiger partial charge in [0.15, 0.2) is 6.61 Å². The maximum atomic E-state index is 12.6. The quantitative estimate of drug-likeness (QED) is 0.388. The topological polar surface area (TPSA) is 108 Å². The molecule has 8 nitrogen and oxygen atoms in total. The Balaban J connectivity index is 1.72. The number of esters is 1. The number of ketones is 1. The molecule has 170 valence electrons. The van der Waals surface area contributed by atoms with Crippen molar-refractivity contribution >= 4 is 21.8 Å². The molecule has 0 saturated carbocycles. The van der Waals surface area contributed by atoms with Crippen LogP contribution in [0.2, 0.25) is 0 Å². The number of ether oxygens (including phenoxy) is 1. The largest absolute Gasteiger partial charge is 0.468 e. The number of sulfonamides is 1. The number of nitrogens with zero attached hydrogens (tertiary/aromatic N) is 1. The first-order chi connectivity index (χ1) is 15.1. The van der Waals surface area contributed by atoms with Gasteiger partial charge in [-0.05, 0) is 63.6 Å².